The van der Waals surface area contributed by atoms with Crippen molar-refractivity contribution in [3.8, 4) is 11.5 Å². The van der Waals surface area contributed by atoms with Crippen LogP contribution in [0.25, 0.3) is 11.5 Å². The number of rotatable bonds is 2. The number of hydrogen-bond donors (Lipinski definition) is 1. The van der Waals surface area contributed by atoms with Crippen molar-refractivity contribution in [2.24, 2.45) is 0 Å². The third-order valence-electron chi connectivity index (χ3n) is 2.42. The van der Waals surface area contributed by atoms with Crippen molar-refractivity contribution in [2.45, 2.75) is 13.8 Å². The molecule has 0 aliphatic rings. The van der Waals surface area contributed by atoms with E-state index in [4.69, 9.17) is 0 Å². The molecule has 5 heteroatoms. The highest BCUT2D eigenvalue weighted by Gasteiger charge is 2.09. The molecular formula is C11H13N5. The van der Waals surface area contributed by atoms with E-state index in [0.717, 1.165) is 17.1 Å². The van der Waals surface area contributed by atoms with Gasteiger partial charge in [0, 0.05) is 30.7 Å². The number of aryl methyl sites for hydroxylation is 1. The van der Waals surface area contributed by atoms with Gasteiger partial charge in [0.25, 0.3) is 0 Å². The number of aromatic nitrogens is 4. The first-order chi connectivity index (χ1) is 7.72. The van der Waals surface area contributed by atoms with Crippen molar-refractivity contribution in [2.75, 3.05) is 12.4 Å². The van der Waals surface area contributed by atoms with E-state index in [1.54, 1.807) is 18.6 Å². The highest BCUT2D eigenvalue weighted by atomic mass is 15.0. The van der Waals surface area contributed by atoms with Crippen molar-refractivity contribution >= 4 is 5.82 Å². The zero-order valence-corrected chi connectivity index (χ0v) is 9.52. The molecule has 82 valence electrons. The number of nitrogens with one attached hydrogen (secondary N) is 1. The van der Waals surface area contributed by atoms with Gasteiger partial charge in [-0.3, -0.25) is 4.98 Å². The fourth-order valence-electron chi connectivity index (χ4n) is 1.40. The maximum absolute atomic E-state index is 4.40. The normalized spacial score (nSPS) is 10.2. The van der Waals surface area contributed by atoms with Gasteiger partial charge in [-0.1, -0.05) is 0 Å². The molecule has 0 radical (unpaired) electrons. The molecule has 2 aromatic rings. The van der Waals surface area contributed by atoms with E-state index < -0.39 is 0 Å². The average molecular weight is 215 g/mol. The van der Waals surface area contributed by atoms with Crippen LogP contribution in [-0.4, -0.2) is 27.0 Å². The van der Waals surface area contributed by atoms with Crippen molar-refractivity contribution < 1.29 is 0 Å². The molecule has 0 atom stereocenters. The minimum atomic E-state index is 0.598. The molecule has 16 heavy (non-hydrogen) atoms. The molecule has 0 bridgehead atoms. The lowest BCUT2D eigenvalue weighted by molar-refractivity contribution is 1.04. The molecule has 5 nitrogen and oxygen atoms in total. The number of nitrogens with zero attached hydrogens (tertiary/aromatic N) is 4. The van der Waals surface area contributed by atoms with E-state index in [2.05, 4.69) is 25.3 Å². The quantitative estimate of drug-likeness (QED) is 0.824. The topological polar surface area (TPSA) is 63.6 Å². The standard InChI is InChI=1S/C11H13N5/c1-7-8(2)15-11(16-10(7)12-3)9-6-13-4-5-14-9/h4-6H,1-3H3,(H,12,15,16). The van der Waals surface area contributed by atoms with Gasteiger partial charge in [-0.25, -0.2) is 15.0 Å². The predicted octanol–water partition coefficient (Wildman–Crippen LogP) is 1.59. The summed E-state index contributed by atoms with van der Waals surface area (Å²) in [7, 11) is 1.84. The van der Waals surface area contributed by atoms with Crippen molar-refractivity contribution in [3.05, 3.63) is 29.8 Å². The lowest BCUT2D eigenvalue weighted by Crippen LogP contribution is -2.03. The smallest absolute Gasteiger partial charge is 0.182 e. The summed E-state index contributed by atoms with van der Waals surface area (Å²) < 4.78 is 0. The van der Waals surface area contributed by atoms with Crippen LogP contribution in [0, 0.1) is 13.8 Å². The second-order valence-electron chi connectivity index (χ2n) is 3.45. The van der Waals surface area contributed by atoms with E-state index in [0.29, 0.717) is 11.5 Å². The van der Waals surface area contributed by atoms with Gasteiger partial charge in [0.15, 0.2) is 5.82 Å². The maximum Gasteiger partial charge on any atom is 0.182 e. The van der Waals surface area contributed by atoms with Crippen molar-refractivity contribution in [3.63, 3.8) is 0 Å². The largest absolute Gasteiger partial charge is 0.373 e. The van der Waals surface area contributed by atoms with E-state index in [9.17, 15) is 0 Å². The summed E-state index contributed by atoms with van der Waals surface area (Å²) in [6.07, 6.45) is 4.92. The molecule has 2 aromatic heterocycles. The van der Waals surface area contributed by atoms with Gasteiger partial charge >= 0.3 is 0 Å². The molecule has 0 amide bonds. The first-order valence-corrected chi connectivity index (χ1v) is 5.01. The number of anilines is 1. The molecule has 0 fully saturated rings. The summed E-state index contributed by atoms with van der Waals surface area (Å²) in [6.45, 7) is 3.94. The fourth-order valence-corrected chi connectivity index (χ4v) is 1.40. The molecule has 0 saturated heterocycles. The molecule has 0 aliphatic heterocycles. The Morgan fingerprint density at radius 3 is 2.56 bits per heavy atom. The summed E-state index contributed by atoms with van der Waals surface area (Å²) in [5, 5.41) is 3.05. The fraction of sp³-hybridized carbons (Fsp3) is 0.273. The maximum atomic E-state index is 4.40. The minimum Gasteiger partial charge on any atom is -0.373 e. The van der Waals surface area contributed by atoms with Crippen LogP contribution in [0.4, 0.5) is 5.82 Å². The third kappa shape index (κ3) is 1.84. The Morgan fingerprint density at radius 2 is 1.94 bits per heavy atom. The highest BCUT2D eigenvalue weighted by Crippen LogP contribution is 2.18. The monoisotopic (exact) mass is 215 g/mol. The molecule has 0 spiro atoms. The first-order valence-electron chi connectivity index (χ1n) is 5.01. The zero-order valence-electron chi connectivity index (χ0n) is 9.52. The molecule has 2 heterocycles. The van der Waals surface area contributed by atoms with E-state index in [1.165, 1.54) is 0 Å². The summed E-state index contributed by atoms with van der Waals surface area (Å²) >= 11 is 0. The van der Waals surface area contributed by atoms with Gasteiger partial charge in [0.2, 0.25) is 0 Å². The lowest BCUT2D eigenvalue weighted by Gasteiger charge is -2.08. The average Bonchev–Trinajstić information content (AvgIpc) is 2.33. The van der Waals surface area contributed by atoms with Crippen LogP contribution in [0.3, 0.4) is 0 Å². The van der Waals surface area contributed by atoms with Crippen molar-refractivity contribution in [1.82, 2.24) is 19.9 Å². The van der Waals surface area contributed by atoms with Gasteiger partial charge in [-0.05, 0) is 13.8 Å². The molecule has 0 saturated carbocycles. The van der Waals surface area contributed by atoms with Crippen LogP contribution in [0.15, 0.2) is 18.6 Å². The summed E-state index contributed by atoms with van der Waals surface area (Å²) in [5.74, 6) is 1.42. The Bertz CT molecular complexity index is 495. The Labute approximate surface area is 94.0 Å². The number of hydrogen-bond acceptors (Lipinski definition) is 5. The molecule has 1 N–H and O–H groups in total. The molecular weight excluding hydrogens is 202 g/mol. The van der Waals surface area contributed by atoms with Crippen LogP contribution in [0.1, 0.15) is 11.3 Å². The van der Waals surface area contributed by atoms with E-state index in [1.807, 2.05) is 20.9 Å². The summed E-state index contributed by atoms with van der Waals surface area (Å²) in [5.41, 5.74) is 2.68. The Morgan fingerprint density at radius 1 is 1.12 bits per heavy atom. The molecule has 0 unspecified atom stereocenters. The van der Waals surface area contributed by atoms with Gasteiger partial charge in [-0.15, -0.1) is 0 Å². The molecule has 2 rings (SSSR count). The SMILES string of the molecule is CNc1nc(-c2cnccn2)nc(C)c1C. The van der Waals surface area contributed by atoms with Crippen LogP contribution < -0.4 is 5.32 Å². The summed E-state index contributed by atoms with van der Waals surface area (Å²) in [6, 6.07) is 0. The van der Waals surface area contributed by atoms with Gasteiger partial charge in [-0.2, -0.15) is 0 Å². The van der Waals surface area contributed by atoms with Crippen LogP contribution in [-0.2, 0) is 0 Å². The third-order valence-corrected chi connectivity index (χ3v) is 2.42. The predicted molar refractivity (Wildman–Crippen MR) is 62.1 cm³/mol. The zero-order chi connectivity index (χ0) is 11.5. The Kier molecular flexibility index (Phi) is 2.76. The lowest BCUT2D eigenvalue weighted by atomic mass is 10.2. The second-order valence-corrected chi connectivity index (χ2v) is 3.45. The highest BCUT2D eigenvalue weighted by molar-refractivity contribution is 5.55. The van der Waals surface area contributed by atoms with E-state index >= 15 is 0 Å². The van der Waals surface area contributed by atoms with E-state index in [-0.39, 0.29) is 0 Å². The molecule has 0 aromatic carbocycles. The molecule has 0 aliphatic carbocycles. The Balaban J connectivity index is 2.55. The first kappa shape index (κ1) is 10.5. The van der Waals surface area contributed by atoms with Gasteiger partial charge < -0.3 is 5.32 Å². The minimum absolute atomic E-state index is 0.598. The Hall–Kier alpha value is -2.04. The summed E-state index contributed by atoms with van der Waals surface area (Å²) in [4.78, 5) is 17.0. The van der Waals surface area contributed by atoms with Crippen LogP contribution >= 0.6 is 0 Å². The van der Waals surface area contributed by atoms with Gasteiger partial charge in [0.1, 0.15) is 11.5 Å². The van der Waals surface area contributed by atoms with Gasteiger partial charge in [0.05, 0.1) is 6.20 Å². The van der Waals surface area contributed by atoms with Crippen LogP contribution in [0.2, 0.25) is 0 Å². The van der Waals surface area contributed by atoms with Crippen molar-refractivity contribution in [1.29, 1.82) is 0 Å². The second kappa shape index (κ2) is 4.22. The van der Waals surface area contributed by atoms with Crippen LogP contribution in [0.5, 0.6) is 0 Å².